The Morgan fingerprint density at radius 2 is 2.46 bits per heavy atom. The predicted molar refractivity (Wildman–Crippen MR) is 48.9 cm³/mol. The van der Waals surface area contributed by atoms with E-state index >= 15 is 0 Å². The van der Waals surface area contributed by atoms with Crippen LogP contribution in [-0.2, 0) is 11.2 Å². The third kappa shape index (κ3) is 1.70. The van der Waals surface area contributed by atoms with Crippen LogP contribution in [0.15, 0.2) is 18.3 Å². The zero-order chi connectivity index (χ0) is 9.31. The molecule has 3 heteroatoms. The predicted octanol–water partition coefficient (Wildman–Crippen LogP) is 1.84. The van der Waals surface area contributed by atoms with Gasteiger partial charge in [-0.25, -0.2) is 0 Å². The summed E-state index contributed by atoms with van der Waals surface area (Å²) in [5.74, 6) is 0. The van der Waals surface area contributed by atoms with Crippen molar-refractivity contribution in [2.75, 3.05) is 6.61 Å². The third-order valence-corrected chi connectivity index (χ3v) is 2.84. The molecule has 0 aliphatic carbocycles. The summed E-state index contributed by atoms with van der Waals surface area (Å²) in [6.07, 6.45) is 4.62. The first kappa shape index (κ1) is 8.63. The Hall–Kier alpha value is -0.960. The van der Waals surface area contributed by atoms with Gasteiger partial charge in [0.05, 0.1) is 17.9 Å². The highest BCUT2D eigenvalue weighted by Crippen LogP contribution is 2.35. The second kappa shape index (κ2) is 3.07. The smallest absolute Gasteiger partial charge is 0.0917 e. The first-order chi connectivity index (χ1) is 6.26. The van der Waals surface area contributed by atoms with E-state index in [0.717, 1.165) is 31.6 Å². The Kier molecular flexibility index (Phi) is 2.04. The molecule has 0 amide bonds. The largest absolute Gasteiger partial charge is 0.429 e. The molecule has 0 radical (unpaired) electrons. The van der Waals surface area contributed by atoms with E-state index in [2.05, 4.69) is 6.92 Å². The average Bonchev–Trinajstić information content (AvgIpc) is 2.82. The van der Waals surface area contributed by atoms with Crippen molar-refractivity contribution in [2.24, 2.45) is 0 Å². The Balaban J connectivity index is 1.90. The molecule has 0 aromatic carbocycles. The van der Waals surface area contributed by atoms with E-state index in [1.165, 1.54) is 4.73 Å². The molecule has 1 fully saturated rings. The summed E-state index contributed by atoms with van der Waals surface area (Å²) >= 11 is 0. The Morgan fingerprint density at radius 3 is 2.92 bits per heavy atom. The maximum absolute atomic E-state index is 9.32. The van der Waals surface area contributed by atoms with Gasteiger partial charge in [-0.15, -0.1) is 0 Å². The van der Waals surface area contributed by atoms with Crippen molar-refractivity contribution in [1.29, 1.82) is 0 Å². The average molecular weight is 181 g/mol. The van der Waals surface area contributed by atoms with Crippen molar-refractivity contribution in [2.45, 2.75) is 31.8 Å². The highest BCUT2D eigenvalue weighted by molar-refractivity contribution is 5.07. The van der Waals surface area contributed by atoms with Crippen LogP contribution in [0.3, 0.4) is 0 Å². The van der Waals surface area contributed by atoms with E-state index in [-0.39, 0.29) is 5.60 Å². The SMILES string of the molecule is CCC1(CCc2cccn2O)CO1. The molecule has 2 heterocycles. The van der Waals surface area contributed by atoms with Crippen molar-refractivity contribution in [3.8, 4) is 0 Å². The number of rotatable bonds is 4. The van der Waals surface area contributed by atoms with Gasteiger partial charge in [-0.3, -0.25) is 0 Å². The molecule has 0 saturated carbocycles. The fraction of sp³-hybridized carbons (Fsp3) is 0.600. The van der Waals surface area contributed by atoms with Crippen molar-refractivity contribution in [3.05, 3.63) is 24.0 Å². The van der Waals surface area contributed by atoms with Gasteiger partial charge in [0.25, 0.3) is 0 Å². The van der Waals surface area contributed by atoms with Crippen LogP contribution in [0.5, 0.6) is 0 Å². The van der Waals surface area contributed by atoms with Gasteiger partial charge in [0, 0.05) is 6.20 Å². The van der Waals surface area contributed by atoms with Crippen LogP contribution in [0.4, 0.5) is 0 Å². The van der Waals surface area contributed by atoms with E-state index in [4.69, 9.17) is 4.74 Å². The number of hydrogen-bond acceptors (Lipinski definition) is 2. The van der Waals surface area contributed by atoms with Gasteiger partial charge in [0.15, 0.2) is 0 Å². The highest BCUT2D eigenvalue weighted by atomic mass is 16.6. The monoisotopic (exact) mass is 181 g/mol. The van der Waals surface area contributed by atoms with E-state index in [9.17, 15) is 5.21 Å². The minimum atomic E-state index is 0.129. The first-order valence-corrected chi connectivity index (χ1v) is 4.75. The van der Waals surface area contributed by atoms with Gasteiger partial charge in [0.2, 0.25) is 0 Å². The number of ether oxygens (including phenoxy) is 1. The van der Waals surface area contributed by atoms with Crippen LogP contribution in [-0.4, -0.2) is 22.1 Å². The molecule has 13 heavy (non-hydrogen) atoms. The van der Waals surface area contributed by atoms with Gasteiger partial charge in [-0.1, -0.05) is 6.92 Å². The van der Waals surface area contributed by atoms with E-state index in [0.29, 0.717) is 0 Å². The molecule has 1 aliphatic rings. The quantitative estimate of drug-likeness (QED) is 0.568. The van der Waals surface area contributed by atoms with E-state index < -0.39 is 0 Å². The molecule has 1 atom stereocenters. The molecule has 0 bridgehead atoms. The number of aromatic nitrogens is 1. The summed E-state index contributed by atoms with van der Waals surface area (Å²) < 4.78 is 6.58. The molecular formula is C10H15NO2. The maximum atomic E-state index is 9.32. The molecule has 72 valence electrons. The summed E-state index contributed by atoms with van der Waals surface area (Å²) in [7, 11) is 0. The molecule has 1 unspecified atom stereocenters. The first-order valence-electron chi connectivity index (χ1n) is 4.75. The summed E-state index contributed by atoms with van der Waals surface area (Å²) in [4.78, 5) is 0. The molecule has 1 saturated heterocycles. The number of nitrogens with zero attached hydrogens (tertiary/aromatic N) is 1. The van der Waals surface area contributed by atoms with Crippen molar-refractivity contribution in [3.63, 3.8) is 0 Å². The number of aryl methyl sites for hydroxylation is 1. The number of epoxide rings is 1. The second-order valence-electron chi connectivity index (χ2n) is 3.67. The van der Waals surface area contributed by atoms with E-state index in [1.807, 2.05) is 12.1 Å². The van der Waals surface area contributed by atoms with Gasteiger partial charge in [-0.05, 0) is 31.4 Å². The highest BCUT2D eigenvalue weighted by Gasteiger charge is 2.42. The lowest BCUT2D eigenvalue weighted by molar-refractivity contribution is 0.175. The molecule has 1 aliphatic heterocycles. The van der Waals surface area contributed by atoms with Gasteiger partial charge >= 0.3 is 0 Å². The van der Waals surface area contributed by atoms with Crippen molar-refractivity contribution >= 4 is 0 Å². The molecular weight excluding hydrogens is 166 g/mol. The lowest BCUT2D eigenvalue weighted by Crippen LogP contribution is -2.11. The molecule has 1 aromatic rings. The second-order valence-corrected chi connectivity index (χ2v) is 3.67. The molecule has 2 rings (SSSR count). The van der Waals surface area contributed by atoms with Gasteiger partial charge in [0.1, 0.15) is 0 Å². The van der Waals surface area contributed by atoms with Crippen molar-refractivity contribution < 1.29 is 9.94 Å². The molecule has 3 nitrogen and oxygen atoms in total. The third-order valence-electron chi connectivity index (χ3n) is 2.84. The van der Waals surface area contributed by atoms with Crippen LogP contribution in [0.1, 0.15) is 25.5 Å². The Labute approximate surface area is 77.9 Å². The van der Waals surface area contributed by atoms with E-state index in [1.54, 1.807) is 6.20 Å². The lowest BCUT2D eigenvalue weighted by Gasteiger charge is -2.08. The fourth-order valence-corrected chi connectivity index (χ4v) is 1.59. The van der Waals surface area contributed by atoms with Crippen LogP contribution in [0, 0.1) is 0 Å². The normalized spacial score (nSPS) is 26.2. The van der Waals surface area contributed by atoms with Crippen LogP contribution >= 0.6 is 0 Å². The fourth-order valence-electron chi connectivity index (χ4n) is 1.59. The number of hydrogen-bond donors (Lipinski definition) is 1. The summed E-state index contributed by atoms with van der Waals surface area (Å²) in [6.45, 7) is 3.03. The zero-order valence-corrected chi connectivity index (χ0v) is 7.86. The summed E-state index contributed by atoms with van der Waals surface area (Å²) in [6, 6.07) is 3.79. The van der Waals surface area contributed by atoms with Crippen LogP contribution < -0.4 is 0 Å². The molecule has 1 N–H and O–H groups in total. The van der Waals surface area contributed by atoms with Crippen molar-refractivity contribution in [1.82, 2.24) is 4.73 Å². The molecule has 0 spiro atoms. The zero-order valence-electron chi connectivity index (χ0n) is 7.86. The minimum absolute atomic E-state index is 0.129. The Bertz CT molecular complexity index is 289. The lowest BCUT2D eigenvalue weighted by atomic mass is 10.0. The van der Waals surface area contributed by atoms with Crippen LogP contribution in [0.25, 0.3) is 0 Å². The van der Waals surface area contributed by atoms with Gasteiger partial charge < -0.3 is 9.94 Å². The van der Waals surface area contributed by atoms with Gasteiger partial charge in [-0.2, -0.15) is 4.73 Å². The summed E-state index contributed by atoms with van der Waals surface area (Å²) in [5, 5.41) is 9.32. The maximum Gasteiger partial charge on any atom is 0.0917 e. The minimum Gasteiger partial charge on any atom is -0.429 e. The Morgan fingerprint density at radius 1 is 1.69 bits per heavy atom. The topological polar surface area (TPSA) is 37.7 Å². The standard InChI is InChI=1S/C10H15NO2/c1-2-10(8-13-10)6-5-9-4-3-7-11(9)12/h3-4,7,12H,2,5-6,8H2,1H3. The summed E-state index contributed by atoms with van der Waals surface area (Å²) in [5.41, 5.74) is 1.09. The van der Waals surface area contributed by atoms with Crippen LogP contribution in [0.2, 0.25) is 0 Å². The molecule has 1 aromatic heterocycles.